The molecule has 1 N–H and O–H groups in total. The number of ether oxygens (including phenoxy) is 2. The first-order valence-electron chi connectivity index (χ1n) is 21.8. The number of aromatic nitrogens is 1. The van der Waals surface area contributed by atoms with E-state index in [2.05, 4.69) is 60.7 Å². The summed E-state index contributed by atoms with van der Waals surface area (Å²) in [6, 6.07) is -1.89. The van der Waals surface area contributed by atoms with Crippen LogP contribution in [-0.4, -0.2) is 91.2 Å². The number of thiazole rings is 1. The van der Waals surface area contributed by atoms with E-state index in [0.29, 0.717) is 39.0 Å². The second-order valence-corrected chi connectivity index (χ2v) is 23.8. The third-order valence-electron chi connectivity index (χ3n) is 12.2. The Kier molecular flexibility index (Phi) is 20.0. The molecule has 0 aliphatic carbocycles. The van der Waals surface area contributed by atoms with Gasteiger partial charge in [0.25, 0.3) is 0 Å². The lowest BCUT2D eigenvalue weighted by Gasteiger charge is -2.41. The highest BCUT2D eigenvalue weighted by Crippen LogP contribution is 2.37. The molecule has 5 atom stereocenters. The van der Waals surface area contributed by atoms with Crippen molar-refractivity contribution in [1.82, 2.24) is 20.1 Å². The minimum atomic E-state index is -2.41. The predicted octanol–water partition coefficient (Wildman–Crippen LogP) is 9.89. The Balaban J connectivity index is 1.94. The third kappa shape index (κ3) is 13.8. The van der Waals surface area contributed by atoms with E-state index in [0.717, 1.165) is 55.4 Å². The molecule has 11 nitrogen and oxygen atoms in total. The largest absolute Gasteiger partial charge is 0.455 e. The van der Waals surface area contributed by atoms with Crippen LogP contribution in [0.3, 0.4) is 0 Å². The van der Waals surface area contributed by atoms with Crippen molar-refractivity contribution in [3.05, 3.63) is 45.2 Å². The van der Waals surface area contributed by atoms with Crippen LogP contribution in [0.1, 0.15) is 142 Å². The van der Waals surface area contributed by atoms with Crippen molar-refractivity contribution in [2.45, 2.75) is 162 Å². The first-order chi connectivity index (χ1) is 29.0. The summed E-state index contributed by atoms with van der Waals surface area (Å²) in [7, 11) is -2.01. The highest BCUT2D eigenvalue weighted by Gasteiger charge is 2.41. The summed E-state index contributed by atoms with van der Waals surface area (Å²) < 4.78 is 86.7. The summed E-state index contributed by atoms with van der Waals surface area (Å²) in [5, 5.41) is 4.42. The zero-order valence-corrected chi connectivity index (χ0v) is 40.0. The average Bonchev–Trinajstić information content (AvgIpc) is 3.71. The number of rotatable bonds is 22. The second kappa shape index (κ2) is 23.4. The average molecular weight is 919 g/mol. The molecule has 1 aliphatic heterocycles. The van der Waals surface area contributed by atoms with Crippen LogP contribution < -0.4 is 10.1 Å². The van der Waals surface area contributed by atoms with Crippen LogP contribution in [0.2, 0.25) is 18.1 Å². The number of hydrogen-bond donors (Lipinski definition) is 1. The van der Waals surface area contributed by atoms with Gasteiger partial charge in [-0.1, -0.05) is 87.5 Å². The molecule has 2 heterocycles. The van der Waals surface area contributed by atoms with Crippen molar-refractivity contribution in [1.29, 1.82) is 0 Å². The number of nitrogens with one attached hydrogen (secondary N) is 1. The molecule has 18 heteroatoms. The van der Waals surface area contributed by atoms with Gasteiger partial charge >= 0.3 is 11.9 Å². The number of hydrogen-bond acceptors (Lipinski definition) is 10. The van der Waals surface area contributed by atoms with Crippen LogP contribution >= 0.6 is 11.3 Å². The molecule has 0 radical (unpaired) electrons. The first kappa shape index (κ1) is 52.9. The molecule has 0 saturated carbocycles. The van der Waals surface area contributed by atoms with Crippen LogP contribution in [0, 0.1) is 40.9 Å². The zero-order valence-electron chi connectivity index (χ0n) is 38.2. The van der Waals surface area contributed by atoms with Gasteiger partial charge in [-0.05, 0) is 55.8 Å². The van der Waals surface area contributed by atoms with Gasteiger partial charge in [-0.25, -0.2) is 22.9 Å². The van der Waals surface area contributed by atoms with E-state index >= 15 is 4.79 Å². The van der Waals surface area contributed by atoms with Crippen LogP contribution in [0.25, 0.3) is 0 Å². The fraction of sp³-hybridized carbons (Fsp3) is 0.705. The van der Waals surface area contributed by atoms with Gasteiger partial charge in [0.15, 0.2) is 20.1 Å². The highest BCUT2D eigenvalue weighted by atomic mass is 32.1. The highest BCUT2D eigenvalue weighted by molar-refractivity contribution is 7.09. The number of unbranched alkanes of at least 4 members (excludes halogenated alkanes) is 3. The van der Waals surface area contributed by atoms with Crippen molar-refractivity contribution in [3.63, 3.8) is 0 Å². The van der Waals surface area contributed by atoms with E-state index < -0.39 is 85.0 Å². The lowest BCUT2D eigenvalue weighted by atomic mass is 9.91. The molecule has 0 bridgehead atoms. The molecule has 350 valence electrons. The van der Waals surface area contributed by atoms with Gasteiger partial charge in [0.05, 0.1) is 6.04 Å². The molecule has 1 aromatic heterocycles. The van der Waals surface area contributed by atoms with E-state index in [-0.39, 0.29) is 40.1 Å². The van der Waals surface area contributed by atoms with Crippen molar-refractivity contribution in [2.24, 2.45) is 11.8 Å². The number of esters is 2. The summed E-state index contributed by atoms with van der Waals surface area (Å²) in [6.07, 6.45) is 5.37. The monoisotopic (exact) mass is 918 g/mol. The van der Waals surface area contributed by atoms with Crippen LogP contribution in [0.4, 0.5) is 22.0 Å². The van der Waals surface area contributed by atoms with Gasteiger partial charge in [-0.2, -0.15) is 8.78 Å². The first-order valence-corrected chi connectivity index (χ1v) is 25.6. The summed E-state index contributed by atoms with van der Waals surface area (Å²) >= 11 is 0.844. The maximum absolute atomic E-state index is 15.0. The Hall–Kier alpha value is -3.48. The molecule has 1 fully saturated rings. The Morgan fingerprint density at radius 2 is 1.60 bits per heavy atom. The van der Waals surface area contributed by atoms with Gasteiger partial charge < -0.3 is 24.1 Å². The number of amides is 2. The number of carbonyl (C=O) groups excluding carboxylic acids is 4. The van der Waals surface area contributed by atoms with E-state index in [4.69, 9.17) is 9.16 Å². The van der Waals surface area contributed by atoms with Gasteiger partial charge in [0, 0.05) is 44.5 Å². The molecule has 62 heavy (non-hydrogen) atoms. The smallest absolute Gasteiger partial charge is 0.363 e. The van der Waals surface area contributed by atoms with Crippen LogP contribution in [0.15, 0.2) is 5.38 Å². The molecule has 3 rings (SSSR count). The Bertz CT molecular complexity index is 1820. The molecule has 1 aliphatic rings. The fourth-order valence-corrected chi connectivity index (χ4v) is 9.04. The number of likely N-dealkylation sites (tertiary alicyclic amines) is 1. The summed E-state index contributed by atoms with van der Waals surface area (Å²) in [4.78, 5) is 62.9. The van der Waals surface area contributed by atoms with Crippen molar-refractivity contribution >= 4 is 43.4 Å². The quantitative estimate of drug-likeness (QED) is 0.0234. The molecule has 1 aromatic carbocycles. The second-order valence-electron chi connectivity index (χ2n) is 18.1. The summed E-state index contributed by atoms with van der Waals surface area (Å²) in [6.45, 7) is 24.1. The minimum Gasteiger partial charge on any atom is -0.455 e. The Morgan fingerprint density at radius 1 is 0.968 bits per heavy atom. The molecule has 2 amide bonds. The number of halogens is 5. The number of benzene rings is 1. The molecular weight excluding hydrogens is 852 g/mol. The maximum atomic E-state index is 15.0. The number of nitrogens with zero attached hydrogens (tertiary/aromatic N) is 3. The van der Waals surface area contributed by atoms with Crippen LogP contribution in [0.5, 0.6) is 5.75 Å². The summed E-state index contributed by atoms with van der Waals surface area (Å²) in [5.74, 6) is -16.6. The van der Waals surface area contributed by atoms with Crippen molar-refractivity contribution < 1.29 is 55.0 Å². The molecule has 0 unspecified atom stereocenters. The zero-order chi connectivity index (χ0) is 46.7. The molecular formula is C44H67F5N4O7SSi. The number of carbonyl (C=O) groups is 4. The van der Waals surface area contributed by atoms with Gasteiger partial charge in [-0.3, -0.25) is 19.3 Å². The third-order valence-corrected chi connectivity index (χ3v) is 17.7. The molecule has 1 saturated heterocycles. The van der Waals surface area contributed by atoms with Crippen LogP contribution in [-0.2, 0) is 23.5 Å². The number of piperidine rings is 1. The predicted molar refractivity (Wildman–Crippen MR) is 231 cm³/mol. The topological polar surface area (TPSA) is 127 Å². The van der Waals surface area contributed by atoms with Gasteiger partial charge in [-0.15, -0.1) is 11.3 Å². The van der Waals surface area contributed by atoms with E-state index in [1.807, 2.05) is 27.7 Å². The van der Waals surface area contributed by atoms with E-state index in [9.17, 15) is 36.3 Å². The molecule has 2 aromatic rings. The standard InChI is InChI=1S/C44H67F5N4O7SSi/c1-12-14-15-17-21-53(42(56)38(27(5)13-2)51-40(55)30-19-16-18-20-52(30)22-23-58-62(10,11)44(7,8)9)31(26(3)4)24-32(59-28(6)54)41-50-29(25-61-41)43(57)60-39-36(48)34(46)33(45)35(47)37(39)49/h25-27,30-32,38H,12-24H2,1-11H3,(H,51,55)/t27-,30+,31+,32+,38-/m0/s1. The van der Waals surface area contributed by atoms with E-state index in [1.165, 1.54) is 6.92 Å². The van der Waals surface area contributed by atoms with Crippen molar-refractivity contribution in [2.75, 3.05) is 26.2 Å². The summed E-state index contributed by atoms with van der Waals surface area (Å²) in [5.41, 5.74) is -0.539. The normalized spacial score (nSPS) is 17.0. The van der Waals surface area contributed by atoms with Crippen molar-refractivity contribution in [3.8, 4) is 5.75 Å². The van der Waals surface area contributed by atoms with E-state index in [1.54, 1.807) is 4.90 Å². The lowest BCUT2D eigenvalue weighted by molar-refractivity contribution is -0.149. The SMILES string of the molecule is CCCCCCN(C(=O)[C@@H](NC(=O)[C@H]1CCCCN1CCO[Si](C)(C)C(C)(C)C)[C@@H](C)CC)[C@H](C[C@@H](OC(C)=O)c1nc(C(=O)Oc2c(F)c(F)c(F)c(F)c2F)cs1)C(C)C. The van der Waals surface area contributed by atoms with Gasteiger partial charge in [0.1, 0.15) is 11.0 Å². The fourth-order valence-electron chi connectivity index (χ4n) is 7.18. The lowest BCUT2D eigenvalue weighted by Crippen LogP contribution is -2.59. The molecule has 0 spiro atoms. The Morgan fingerprint density at radius 3 is 2.16 bits per heavy atom. The Labute approximate surface area is 369 Å². The van der Waals surface area contributed by atoms with Gasteiger partial charge in [0.2, 0.25) is 46.6 Å². The minimum absolute atomic E-state index is 0.0161. The maximum Gasteiger partial charge on any atom is 0.363 e.